The summed E-state index contributed by atoms with van der Waals surface area (Å²) >= 11 is 0. The first-order valence-electron chi connectivity index (χ1n) is 1.49. The Balaban J connectivity index is 0. The summed E-state index contributed by atoms with van der Waals surface area (Å²) in [6.07, 6.45) is 0. The molecule has 2 N–H and O–H groups in total. The molecule has 0 atom stereocenters. The second kappa shape index (κ2) is 4.84. The Morgan fingerprint density at radius 3 is 1.40 bits per heavy atom. The molecule has 0 saturated carbocycles. The molecule has 0 aromatic heterocycles. The average molecular weight is 150 g/mol. The molecule has 1 nitrogen and oxygen atoms in total. The van der Waals surface area contributed by atoms with E-state index in [2.05, 4.69) is 0 Å². The normalized spacial score (nSPS) is 7.20. The van der Waals surface area contributed by atoms with Gasteiger partial charge in [-0.15, -0.1) is 0 Å². The van der Waals surface area contributed by atoms with E-state index in [1.54, 1.807) is 0 Å². The van der Waals surface area contributed by atoms with Gasteiger partial charge in [0.15, 0.2) is 0 Å². The predicted octanol–water partition coefficient (Wildman–Crippen LogP) is 0.351. The molecule has 0 aliphatic heterocycles. The Labute approximate surface area is 52.1 Å². The van der Waals surface area contributed by atoms with Crippen molar-refractivity contribution in [3.05, 3.63) is 0 Å². The van der Waals surface area contributed by atoms with Gasteiger partial charge in [-0.05, 0) is 6.04 Å². The van der Waals surface area contributed by atoms with Crippen molar-refractivity contribution >= 4 is 0 Å². The maximum absolute atomic E-state index is 5.11. The molecule has 0 aromatic rings. The summed E-state index contributed by atoms with van der Waals surface area (Å²) in [4.78, 5) is 0. The van der Waals surface area contributed by atoms with Gasteiger partial charge in [-0.1, -0.05) is 13.8 Å². The predicted molar refractivity (Wildman–Crippen MR) is 19.3 cm³/mol. The van der Waals surface area contributed by atoms with E-state index in [9.17, 15) is 0 Å². The SMILES string of the molecule is CC(C)N.[Zr]. The molecule has 0 fully saturated rings. The Morgan fingerprint density at radius 1 is 1.40 bits per heavy atom. The van der Waals surface area contributed by atoms with E-state index in [0.717, 1.165) is 0 Å². The van der Waals surface area contributed by atoms with E-state index in [0.29, 0.717) is 6.04 Å². The number of hydrogen-bond donors (Lipinski definition) is 1. The summed E-state index contributed by atoms with van der Waals surface area (Å²) in [6.45, 7) is 3.89. The zero-order valence-electron chi connectivity index (χ0n) is 3.65. The van der Waals surface area contributed by atoms with Crippen molar-refractivity contribution in [3.8, 4) is 0 Å². The van der Waals surface area contributed by atoms with Crippen molar-refractivity contribution in [2.75, 3.05) is 0 Å². The molecular formula is C3H9NZr. The van der Waals surface area contributed by atoms with Gasteiger partial charge in [0.25, 0.3) is 0 Å². The standard InChI is InChI=1S/C3H9N.Zr/c1-3(2)4;/h3H,4H2,1-2H3;. The van der Waals surface area contributed by atoms with Crippen molar-refractivity contribution in [1.82, 2.24) is 0 Å². The molecule has 0 saturated heterocycles. The molecule has 0 spiro atoms. The first-order valence-corrected chi connectivity index (χ1v) is 1.49. The Kier molecular flexibility index (Phi) is 8.99. The van der Waals surface area contributed by atoms with Gasteiger partial charge in [0.05, 0.1) is 0 Å². The third-order valence-corrected chi connectivity index (χ3v) is 0. The maximum atomic E-state index is 5.11. The quantitative estimate of drug-likeness (QED) is 0.530. The summed E-state index contributed by atoms with van der Waals surface area (Å²) in [5.41, 5.74) is 5.11. The van der Waals surface area contributed by atoms with Crippen LogP contribution in [0.15, 0.2) is 0 Å². The van der Waals surface area contributed by atoms with Gasteiger partial charge in [-0.2, -0.15) is 0 Å². The summed E-state index contributed by atoms with van der Waals surface area (Å²) in [5, 5.41) is 0. The van der Waals surface area contributed by atoms with Gasteiger partial charge in [-0.25, -0.2) is 0 Å². The van der Waals surface area contributed by atoms with Crippen LogP contribution in [0.4, 0.5) is 0 Å². The van der Waals surface area contributed by atoms with Crippen LogP contribution in [0.3, 0.4) is 0 Å². The Hall–Kier alpha value is 0.843. The first-order chi connectivity index (χ1) is 1.73. The van der Waals surface area contributed by atoms with Crippen LogP contribution < -0.4 is 5.73 Å². The van der Waals surface area contributed by atoms with E-state index in [1.165, 1.54) is 0 Å². The third kappa shape index (κ3) is 55.1. The zero-order valence-corrected chi connectivity index (χ0v) is 6.11. The minimum atomic E-state index is 0. The van der Waals surface area contributed by atoms with Crippen molar-refractivity contribution < 1.29 is 26.2 Å². The van der Waals surface area contributed by atoms with Crippen molar-refractivity contribution in [2.45, 2.75) is 19.9 Å². The number of rotatable bonds is 0. The van der Waals surface area contributed by atoms with Gasteiger partial charge in [0.2, 0.25) is 0 Å². The van der Waals surface area contributed by atoms with Crippen LogP contribution in [0.25, 0.3) is 0 Å². The summed E-state index contributed by atoms with van der Waals surface area (Å²) in [7, 11) is 0. The van der Waals surface area contributed by atoms with Crippen molar-refractivity contribution in [2.24, 2.45) is 5.73 Å². The molecule has 0 aromatic carbocycles. The summed E-state index contributed by atoms with van der Waals surface area (Å²) < 4.78 is 0. The summed E-state index contributed by atoms with van der Waals surface area (Å²) in [5.74, 6) is 0. The van der Waals surface area contributed by atoms with Crippen LogP contribution in [0.2, 0.25) is 0 Å². The summed E-state index contributed by atoms with van der Waals surface area (Å²) in [6, 6.07) is 0.333. The zero-order chi connectivity index (χ0) is 3.58. The minimum absolute atomic E-state index is 0. The molecule has 30 valence electrons. The van der Waals surface area contributed by atoms with Crippen LogP contribution in [-0.4, -0.2) is 6.04 Å². The molecule has 0 rings (SSSR count). The van der Waals surface area contributed by atoms with E-state index in [-0.39, 0.29) is 26.2 Å². The van der Waals surface area contributed by atoms with Gasteiger partial charge in [-0.3, -0.25) is 0 Å². The van der Waals surface area contributed by atoms with E-state index in [4.69, 9.17) is 5.73 Å². The van der Waals surface area contributed by atoms with Crippen molar-refractivity contribution in [3.63, 3.8) is 0 Å². The van der Waals surface area contributed by atoms with E-state index in [1.807, 2.05) is 13.8 Å². The second-order valence-electron chi connectivity index (χ2n) is 1.24. The molecular weight excluding hydrogens is 141 g/mol. The molecule has 0 aliphatic carbocycles. The molecule has 0 radical (unpaired) electrons. The third-order valence-electron chi connectivity index (χ3n) is 0. The molecule has 5 heavy (non-hydrogen) atoms. The fraction of sp³-hybridized carbons (Fsp3) is 1.00. The monoisotopic (exact) mass is 149 g/mol. The number of nitrogens with two attached hydrogens (primary N) is 1. The van der Waals surface area contributed by atoms with Gasteiger partial charge in [0.1, 0.15) is 0 Å². The van der Waals surface area contributed by atoms with E-state index < -0.39 is 0 Å². The van der Waals surface area contributed by atoms with Crippen LogP contribution >= 0.6 is 0 Å². The maximum Gasteiger partial charge on any atom is 0 e. The van der Waals surface area contributed by atoms with Gasteiger partial charge >= 0.3 is 0 Å². The fourth-order valence-corrected chi connectivity index (χ4v) is 0. The number of hydrogen-bond acceptors (Lipinski definition) is 1. The van der Waals surface area contributed by atoms with Gasteiger partial charge < -0.3 is 5.73 Å². The molecule has 0 unspecified atom stereocenters. The molecule has 0 aliphatic rings. The van der Waals surface area contributed by atoms with Crippen LogP contribution in [-0.2, 0) is 26.2 Å². The molecule has 2 heteroatoms. The van der Waals surface area contributed by atoms with Crippen LogP contribution in [0.1, 0.15) is 13.8 Å². The topological polar surface area (TPSA) is 26.0 Å². The first kappa shape index (κ1) is 9.28. The smallest absolute Gasteiger partial charge is 0 e. The largest absolute Gasteiger partial charge is 0.328 e. The molecule has 0 amide bonds. The second-order valence-corrected chi connectivity index (χ2v) is 1.24. The minimum Gasteiger partial charge on any atom is -0.328 e. The Bertz CT molecular complexity index is 11.6. The van der Waals surface area contributed by atoms with Gasteiger partial charge in [0, 0.05) is 26.2 Å². The van der Waals surface area contributed by atoms with Crippen molar-refractivity contribution in [1.29, 1.82) is 0 Å². The molecule has 0 bridgehead atoms. The van der Waals surface area contributed by atoms with E-state index >= 15 is 0 Å². The average Bonchev–Trinajstić information content (AvgIpc) is 0.811. The van der Waals surface area contributed by atoms with Crippen LogP contribution in [0, 0.1) is 0 Å². The Morgan fingerprint density at radius 2 is 1.40 bits per heavy atom. The van der Waals surface area contributed by atoms with Crippen LogP contribution in [0.5, 0.6) is 0 Å². The molecule has 0 heterocycles. The fourth-order valence-electron chi connectivity index (χ4n) is 0.